The monoisotopic (exact) mass is 204 g/mol. The van der Waals surface area contributed by atoms with Crippen LogP contribution in [-0.4, -0.2) is 0 Å². The van der Waals surface area contributed by atoms with Gasteiger partial charge in [-0.05, 0) is 12.1 Å². The molecule has 0 N–H and O–H groups in total. The minimum absolute atomic E-state index is 0.522. The van der Waals surface area contributed by atoms with Gasteiger partial charge in [0.25, 0.3) is 0 Å². The maximum Gasteiger partial charge on any atom is 0.197 e. The van der Waals surface area contributed by atoms with Crippen molar-refractivity contribution < 1.29 is 17.6 Å². The van der Waals surface area contributed by atoms with Crippen molar-refractivity contribution in [2.75, 3.05) is 0 Å². The van der Waals surface area contributed by atoms with Crippen molar-refractivity contribution in [2.24, 2.45) is 0 Å². The summed E-state index contributed by atoms with van der Waals surface area (Å²) in [6.07, 6.45) is 3.28. The first kappa shape index (κ1) is 12.4. The Bertz CT molecular complexity index is 298. The summed E-state index contributed by atoms with van der Waals surface area (Å²) in [4.78, 5) is 0. The van der Waals surface area contributed by atoms with E-state index in [1.54, 1.807) is 12.2 Å². The summed E-state index contributed by atoms with van der Waals surface area (Å²) in [6.45, 7) is 6.72. The summed E-state index contributed by atoms with van der Waals surface area (Å²) in [5.41, 5.74) is 0. The van der Waals surface area contributed by atoms with Crippen LogP contribution in [0.4, 0.5) is 17.6 Å². The van der Waals surface area contributed by atoms with Gasteiger partial charge in [0.05, 0.1) is 0 Å². The van der Waals surface area contributed by atoms with Crippen LogP contribution >= 0.6 is 0 Å². The third-order valence-electron chi connectivity index (χ3n) is 1.15. The first-order chi connectivity index (χ1) is 6.54. The maximum absolute atomic E-state index is 12.0. The molecule has 0 aliphatic heterocycles. The summed E-state index contributed by atoms with van der Waals surface area (Å²) < 4.78 is 48.0. The van der Waals surface area contributed by atoms with E-state index in [2.05, 4.69) is 13.2 Å². The fraction of sp³-hybridized carbons (Fsp3) is 0. The minimum atomic E-state index is -1.78. The normalized spacial score (nSPS) is 8.57. The molecular weight excluding hydrogens is 196 g/mol. The topological polar surface area (TPSA) is 0 Å². The second-order valence-corrected chi connectivity index (χ2v) is 2.13. The van der Waals surface area contributed by atoms with Crippen molar-refractivity contribution in [3.8, 4) is 0 Å². The lowest BCUT2D eigenvalue weighted by Crippen LogP contribution is -1.93. The smallest absolute Gasteiger partial charge is 0.197 e. The van der Waals surface area contributed by atoms with Gasteiger partial charge in [-0.25, -0.2) is 17.6 Å². The molecule has 1 aromatic carbocycles. The van der Waals surface area contributed by atoms with Crippen LogP contribution in [0.2, 0.25) is 0 Å². The highest BCUT2D eigenvalue weighted by Crippen LogP contribution is 2.12. The van der Waals surface area contributed by atoms with Crippen molar-refractivity contribution in [1.29, 1.82) is 0 Å². The van der Waals surface area contributed by atoms with Crippen molar-refractivity contribution in [3.63, 3.8) is 0 Å². The number of rotatable bonds is 1. The van der Waals surface area contributed by atoms with Crippen LogP contribution in [0, 0.1) is 23.3 Å². The summed E-state index contributed by atoms with van der Waals surface area (Å²) in [5, 5.41) is 0. The standard InChI is InChI=1S/C6H2F4.C4H6/c7-3-1-2-4(8)6(10)5(3)9;1-3-4-2/h1-2H;3-4H,1-2H2. The molecule has 0 fully saturated rings. The Hall–Kier alpha value is -1.58. The molecule has 0 amide bonds. The van der Waals surface area contributed by atoms with Gasteiger partial charge in [-0.2, -0.15) is 0 Å². The first-order valence-corrected chi connectivity index (χ1v) is 3.57. The van der Waals surface area contributed by atoms with E-state index in [0.29, 0.717) is 12.1 Å². The van der Waals surface area contributed by atoms with Gasteiger partial charge < -0.3 is 0 Å². The number of hydrogen-bond donors (Lipinski definition) is 0. The average Bonchev–Trinajstić information content (AvgIpc) is 2.21. The Labute approximate surface area is 79.2 Å². The molecule has 0 radical (unpaired) electrons. The van der Waals surface area contributed by atoms with Gasteiger partial charge in [-0.1, -0.05) is 25.3 Å². The summed E-state index contributed by atoms with van der Waals surface area (Å²) in [5.74, 6) is -6.34. The minimum Gasteiger partial charge on any atom is -0.204 e. The van der Waals surface area contributed by atoms with E-state index in [-0.39, 0.29) is 0 Å². The number of hydrogen-bond acceptors (Lipinski definition) is 0. The van der Waals surface area contributed by atoms with Crippen LogP contribution in [0.1, 0.15) is 0 Å². The predicted octanol–water partition coefficient (Wildman–Crippen LogP) is 3.60. The lowest BCUT2D eigenvalue weighted by atomic mass is 10.3. The molecule has 0 aliphatic carbocycles. The molecule has 0 bridgehead atoms. The Morgan fingerprint density at radius 1 is 0.786 bits per heavy atom. The molecule has 1 rings (SSSR count). The van der Waals surface area contributed by atoms with Gasteiger partial charge in [0, 0.05) is 0 Å². The van der Waals surface area contributed by atoms with Gasteiger partial charge in [0.2, 0.25) is 0 Å². The van der Waals surface area contributed by atoms with Crippen LogP contribution in [0.5, 0.6) is 0 Å². The molecule has 0 aromatic heterocycles. The molecule has 14 heavy (non-hydrogen) atoms. The second kappa shape index (κ2) is 5.96. The van der Waals surface area contributed by atoms with E-state index < -0.39 is 23.3 Å². The lowest BCUT2D eigenvalue weighted by molar-refractivity contribution is 0.409. The van der Waals surface area contributed by atoms with E-state index in [9.17, 15) is 17.6 Å². The molecule has 0 nitrogen and oxygen atoms in total. The number of allylic oxidation sites excluding steroid dienone is 2. The zero-order chi connectivity index (χ0) is 11.1. The van der Waals surface area contributed by atoms with Crippen molar-refractivity contribution >= 4 is 0 Å². The van der Waals surface area contributed by atoms with Crippen LogP contribution in [0.15, 0.2) is 37.4 Å². The van der Waals surface area contributed by atoms with Crippen molar-refractivity contribution in [2.45, 2.75) is 0 Å². The van der Waals surface area contributed by atoms with Gasteiger partial charge in [-0.15, -0.1) is 0 Å². The van der Waals surface area contributed by atoms with Gasteiger partial charge in [-0.3, -0.25) is 0 Å². The van der Waals surface area contributed by atoms with Gasteiger partial charge >= 0.3 is 0 Å². The quantitative estimate of drug-likeness (QED) is 0.284. The molecule has 0 heterocycles. The van der Waals surface area contributed by atoms with Crippen LogP contribution < -0.4 is 0 Å². The largest absolute Gasteiger partial charge is 0.204 e. The zero-order valence-electron chi connectivity index (χ0n) is 7.24. The summed E-state index contributed by atoms with van der Waals surface area (Å²) >= 11 is 0. The van der Waals surface area contributed by atoms with E-state index in [1.165, 1.54) is 0 Å². The molecule has 4 heteroatoms. The molecule has 0 saturated carbocycles. The first-order valence-electron chi connectivity index (χ1n) is 3.57. The molecule has 0 atom stereocenters. The molecule has 0 spiro atoms. The van der Waals surface area contributed by atoms with Crippen LogP contribution in [0.3, 0.4) is 0 Å². The highest BCUT2D eigenvalue weighted by atomic mass is 19.2. The lowest BCUT2D eigenvalue weighted by Gasteiger charge is -1.93. The SMILES string of the molecule is C=CC=C.Fc1ccc(F)c(F)c1F. The number of benzene rings is 1. The Morgan fingerprint density at radius 2 is 1.07 bits per heavy atom. The fourth-order valence-corrected chi connectivity index (χ4v) is 0.502. The highest BCUT2D eigenvalue weighted by Gasteiger charge is 2.11. The molecule has 1 aromatic rings. The van der Waals surface area contributed by atoms with Crippen molar-refractivity contribution in [3.05, 3.63) is 60.7 Å². The highest BCUT2D eigenvalue weighted by molar-refractivity contribution is 5.10. The molecule has 0 aliphatic rings. The summed E-state index contributed by atoms with van der Waals surface area (Å²) in [6, 6.07) is 1.04. The second-order valence-electron chi connectivity index (χ2n) is 2.13. The Morgan fingerprint density at radius 3 is 1.29 bits per heavy atom. The third kappa shape index (κ3) is 3.43. The molecule has 76 valence electrons. The van der Waals surface area contributed by atoms with Crippen molar-refractivity contribution in [1.82, 2.24) is 0 Å². The van der Waals surface area contributed by atoms with E-state index >= 15 is 0 Å². The predicted molar refractivity (Wildman–Crippen MR) is 46.7 cm³/mol. The van der Waals surface area contributed by atoms with E-state index in [4.69, 9.17) is 0 Å². The van der Waals surface area contributed by atoms with Crippen LogP contribution in [-0.2, 0) is 0 Å². The maximum atomic E-state index is 12.0. The van der Waals surface area contributed by atoms with E-state index in [1.807, 2.05) is 0 Å². The Balaban J connectivity index is 0.000000364. The molecule has 0 saturated heterocycles. The van der Waals surface area contributed by atoms with Gasteiger partial charge in [0.1, 0.15) is 0 Å². The van der Waals surface area contributed by atoms with E-state index in [0.717, 1.165) is 0 Å². The fourth-order valence-electron chi connectivity index (χ4n) is 0.502. The Kier molecular flexibility index (Phi) is 5.29. The zero-order valence-corrected chi connectivity index (χ0v) is 7.24. The number of halogens is 4. The molecular formula is C10H8F4. The third-order valence-corrected chi connectivity index (χ3v) is 1.15. The molecule has 0 unspecified atom stereocenters. The average molecular weight is 204 g/mol. The van der Waals surface area contributed by atoms with Gasteiger partial charge in [0.15, 0.2) is 23.3 Å². The summed E-state index contributed by atoms with van der Waals surface area (Å²) in [7, 11) is 0. The van der Waals surface area contributed by atoms with Crippen LogP contribution in [0.25, 0.3) is 0 Å².